The number of hydrogen-bond donors (Lipinski definition) is 1. The lowest BCUT2D eigenvalue weighted by molar-refractivity contribution is -0.127. The quantitative estimate of drug-likeness (QED) is 0.578. The van der Waals surface area contributed by atoms with Crippen LogP contribution in [0.25, 0.3) is 0 Å². The third-order valence-electron chi connectivity index (χ3n) is 3.93. The van der Waals surface area contributed by atoms with Crippen molar-refractivity contribution in [2.75, 3.05) is 40.8 Å². The molecule has 6 nitrogen and oxygen atoms in total. The van der Waals surface area contributed by atoms with Gasteiger partial charge in [0.2, 0.25) is 5.91 Å². The van der Waals surface area contributed by atoms with Gasteiger partial charge in [-0.1, -0.05) is 24.6 Å². The molecule has 0 saturated heterocycles. The van der Waals surface area contributed by atoms with Gasteiger partial charge in [0.15, 0.2) is 5.96 Å². The van der Waals surface area contributed by atoms with E-state index in [9.17, 15) is 4.79 Å². The van der Waals surface area contributed by atoms with Gasteiger partial charge in [0.25, 0.3) is 0 Å². The van der Waals surface area contributed by atoms with Gasteiger partial charge in [-0.3, -0.25) is 4.79 Å². The van der Waals surface area contributed by atoms with Crippen LogP contribution in [0, 0.1) is 6.92 Å². The van der Waals surface area contributed by atoms with Crippen molar-refractivity contribution >= 4 is 11.9 Å². The molecule has 0 bridgehead atoms. The summed E-state index contributed by atoms with van der Waals surface area (Å²) in [5.41, 5.74) is 1.21. The summed E-state index contributed by atoms with van der Waals surface area (Å²) in [7, 11) is 5.42. The predicted octanol–water partition coefficient (Wildman–Crippen LogP) is 2.14. The Kier molecular flexibility index (Phi) is 8.81. The van der Waals surface area contributed by atoms with Gasteiger partial charge in [0, 0.05) is 27.2 Å². The van der Waals surface area contributed by atoms with Crippen molar-refractivity contribution in [3.63, 3.8) is 0 Å². The Labute approximate surface area is 151 Å². The number of nitrogens with one attached hydrogen (secondary N) is 1. The first-order valence-electron chi connectivity index (χ1n) is 8.75. The van der Waals surface area contributed by atoms with Crippen molar-refractivity contribution < 1.29 is 9.53 Å². The number of guanidine groups is 1. The Morgan fingerprint density at radius 2 is 1.88 bits per heavy atom. The van der Waals surface area contributed by atoms with Gasteiger partial charge < -0.3 is 19.9 Å². The largest absolute Gasteiger partial charge is 0.492 e. The maximum Gasteiger partial charge on any atom is 0.243 e. The molecular weight excluding hydrogens is 316 g/mol. The van der Waals surface area contributed by atoms with Gasteiger partial charge in [0.1, 0.15) is 18.9 Å². The highest BCUT2D eigenvalue weighted by Gasteiger charge is 2.11. The summed E-state index contributed by atoms with van der Waals surface area (Å²) in [6, 6.07) is 8.29. The van der Waals surface area contributed by atoms with E-state index in [-0.39, 0.29) is 18.5 Å². The Bertz CT molecular complexity index is 555. The van der Waals surface area contributed by atoms with Crippen LogP contribution in [-0.4, -0.2) is 68.5 Å². The van der Waals surface area contributed by atoms with Crippen molar-refractivity contribution in [3.8, 4) is 5.75 Å². The summed E-state index contributed by atoms with van der Waals surface area (Å²) >= 11 is 0. The Morgan fingerprint density at radius 3 is 2.44 bits per heavy atom. The fourth-order valence-corrected chi connectivity index (χ4v) is 1.92. The number of carbonyl (C=O) groups is 1. The summed E-state index contributed by atoms with van der Waals surface area (Å²) in [5, 5.41) is 3.37. The molecule has 1 N–H and O–H groups in total. The van der Waals surface area contributed by atoms with Crippen LogP contribution in [0.5, 0.6) is 5.75 Å². The van der Waals surface area contributed by atoms with E-state index < -0.39 is 0 Å². The highest BCUT2D eigenvalue weighted by Crippen LogP contribution is 2.11. The fraction of sp³-hybridized carbons (Fsp3) is 0.579. The molecule has 0 aliphatic heterocycles. The van der Waals surface area contributed by atoms with Crippen LogP contribution in [0.3, 0.4) is 0 Å². The van der Waals surface area contributed by atoms with Gasteiger partial charge in [-0.05, 0) is 32.4 Å². The molecule has 140 valence electrons. The van der Waals surface area contributed by atoms with E-state index in [0.29, 0.717) is 13.2 Å². The predicted molar refractivity (Wildman–Crippen MR) is 103 cm³/mol. The number of aliphatic imine (C=N–C) groups is 1. The van der Waals surface area contributed by atoms with E-state index in [0.717, 1.165) is 18.1 Å². The first-order chi connectivity index (χ1) is 11.8. The molecule has 1 aromatic carbocycles. The number of amides is 1. The molecule has 1 rings (SSSR count). The second-order valence-electron chi connectivity index (χ2n) is 6.46. The minimum atomic E-state index is -0.0206. The van der Waals surface area contributed by atoms with Crippen LogP contribution in [0.2, 0.25) is 0 Å². The average molecular weight is 348 g/mol. The molecule has 0 fully saturated rings. The van der Waals surface area contributed by atoms with Gasteiger partial charge in [-0.15, -0.1) is 0 Å². The third-order valence-corrected chi connectivity index (χ3v) is 3.93. The molecule has 0 heterocycles. The number of aryl methyl sites for hydroxylation is 1. The second kappa shape index (κ2) is 10.6. The van der Waals surface area contributed by atoms with Gasteiger partial charge in [-0.2, -0.15) is 0 Å². The van der Waals surface area contributed by atoms with Crippen molar-refractivity contribution in [2.45, 2.75) is 33.2 Å². The van der Waals surface area contributed by atoms with E-state index in [4.69, 9.17) is 4.74 Å². The van der Waals surface area contributed by atoms with Gasteiger partial charge >= 0.3 is 0 Å². The number of benzene rings is 1. The fourth-order valence-electron chi connectivity index (χ4n) is 1.92. The molecule has 6 heteroatoms. The summed E-state index contributed by atoms with van der Waals surface area (Å²) in [6.07, 6.45) is 0.981. The van der Waals surface area contributed by atoms with Crippen LogP contribution in [0.4, 0.5) is 0 Å². The lowest BCUT2D eigenvalue weighted by Gasteiger charge is -2.25. The van der Waals surface area contributed by atoms with E-state index in [2.05, 4.69) is 31.1 Å². The number of ether oxygens (including phenoxy) is 1. The molecule has 0 saturated carbocycles. The number of nitrogens with zero attached hydrogens (tertiary/aromatic N) is 3. The maximum absolute atomic E-state index is 11.8. The zero-order valence-electron chi connectivity index (χ0n) is 16.4. The number of likely N-dealkylation sites (N-methyl/N-ethyl adjacent to an activating group) is 2. The summed E-state index contributed by atoms with van der Waals surface area (Å²) in [6.45, 7) is 7.61. The molecule has 0 aliphatic carbocycles. The van der Waals surface area contributed by atoms with Crippen molar-refractivity contribution in [1.82, 2.24) is 15.1 Å². The molecule has 0 aromatic heterocycles. The molecular formula is C19H32N4O2. The van der Waals surface area contributed by atoms with E-state index in [1.165, 1.54) is 5.56 Å². The minimum Gasteiger partial charge on any atom is -0.492 e. The van der Waals surface area contributed by atoms with Crippen LogP contribution < -0.4 is 10.1 Å². The average Bonchev–Trinajstić information content (AvgIpc) is 2.59. The first kappa shape index (κ1) is 20.8. The van der Waals surface area contributed by atoms with Crippen LogP contribution in [-0.2, 0) is 4.79 Å². The van der Waals surface area contributed by atoms with E-state index in [1.807, 2.05) is 36.2 Å². The summed E-state index contributed by atoms with van der Waals surface area (Å²) < 4.78 is 5.78. The van der Waals surface area contributed by atoms with Crippen LogP contribution >= 0.6 is 0 Å². The first-order valence-corrected chi connectivity index (χ1v) is 8.75. The monoisotopic (exact) mass is 348 g/mol. The van der Waals surface area contributed by atoms with E-state index >= 15 is 0 Å². The van der Waals surface area contributed by atoms with E-state index in [1.54, 1.807) is 19.0 Å². The molecule has 0 radical (unpaired) electrons. The zero-order valence-corrected chi connectivity index (χ0v) is 16.4. The molecule has 1 aromatic rings. The molecule has 1 unspecified atom stereocenters. The molecule has 25 heavy (non-hydrogen) atoms. The van der Waals surface area contributed by atoms with Crippen LogP contribution in [0.1, 0.15) is 25.8 Å². The normalized spacial score (nSPS) is 12.5. The molecule has 1 atom stereocenters. The second-order valence-corrected chi connectivity index (χ2v) is 6.46. The molecule has 0 spiro atoms. The Balaban J connectivity index is 2.61. The number of hydrogen-bond acceptors (Lipinski definition) is 3. The Morgan fingerprint density at radius 1 is 1.24 bits per heavy atom. The van der Waals surface area contributed by atoms with Gasteiger partial charge in [0.05, 0.1) is 6.54 Å². The topological polar surface area (TPSA) is 57.2 Å². The summed E-state index contributed by atoms with van der Waals surface area (Å²) in [5.74, 6) is 1.56. The molecule has 0 aliphatic rings. The van der Waals surface area contributed by atoms with Gasteiger partial charge in [-0.25, -0.2) is 4.99 Å². The van der Waals surface area contributed by atoms with Crippen molar-refractivity contribution in [3.05, 3.63) is 29.8 Å². The van der Waals surface area contributed by atoms with Crippen LogP contribution in [0.15, 0.2) is 29.3 Å². The smallest absolute Gasteiger partial charge is 0.243 e. The highest BCUT2D eigenvalue weighted by atomic mass is 16.5. The standard InChI is InChI=1S/C19H32N4O2/c1-7-16(3)21-19(20-14-18(24)22(4)5)23(6)12-13-25-17-10-8-15(2)9-11-17/h8-11,16H,7,12-14H2,1-6H3,(H,20,21). The molecule has 1 amide bonds. The zero-order chi connectivity index (χ0) is 18.8. The number of carbonyl (C=O) groups excluding carboxylic acids is 1. The highest BCUT2D eigenvalue weighted by molar-refractivity contribution is 5.84. The Hall–Kier alpha value is -2.24. The van der Waals surface area contributed by atoms with Crippen molar-refractivity contribution in [2.24, 2.45) is 4.99 Å². The maximum atomic E-state index is 11.8. The lowest BCUT2D eigenvalue weighted by Crippen LogP contribution is -2.45. The number of rotatable bonds is 8. The minimum absolute atomic E-state index is 0.0206. The summed E-state index contributed by atoms with van der Waals surface area (Å²) in [4.78, 5) is 19.8. The SMILES string of the molecule is CCC(C)NC(=NCC(=O)N(C)C)N(C)CCOc1ccc(C)cc1. The lowest BCUT2D eigenvalue weighted by atomic mass is 10.2. The third kappa shape index (κ3) is 7.92. The van der Waals surface area contributed by atoms with Crippen molar-refractivity contribution in [1.29, 1.82) is 0 Å².